The van der Waals surface area contributed by atoms with Crippen LogP contribution in [0.2, 0.25) is 5.02 Å². The second kappa shape index (κ2) is 5.03. The van der Waals surface area contributed by atoms with Gasteiger partial charge in [-0.25, -0.2) is 8.42 Å². The number of thiocarbonyl (C=S) groups is 1. The van der Waals surface area contributed by atoms with E-state index in [0.29, 0.717) is 16.3 Å². The first-order valence-corrected chi connectivity index (χ1v) is 7.91. The molecule has 3 N–H and O–H groups in total. The molecule has 98 valence electrons. The van der Waals surface area contributed by atoms with Crippen molar-refractivity contribution >= 4 is 44.5 Å². The Kier molecular flexibility index (Phi) is 3.79. The van der Waals surface area contributed by atoms with E-state index in [-0.39, 0.29) is 16.7 Å². The van der Waals surface area contributed by atoms with Crippen LogP contribution in [0.5, 0.6) is 0 Å². The number of hydrogen-bond acceptors (Lipinski definition) is 3. The number of benzene rings is 1. The first-order valence-electron chi connectivity index (χ1n) is 5.47. The van der Waals surface area contributed by atoms with Gasteiger partial charge in [0.1, 0.15) is 4.99 Å². The molecule has 2 rings (SSSR count). The number of hydrogen-bond donors (Lipinski definition) is 2. The minimum atomic E-state index is -3.37. The topological polar surface area (TPSA) is 72.2 Å². The molecule has 1 aromatic rings. The average Bonchev–Trinajstić information content (AvgIpc) is 2.99. The van der Waals surface area contributed by atoms with Crippen LogP contribution in [0, 0.1) is 5.92 Å². The molecule has 0 amide bonds. The molecule has 0 radical (unpaired) electrons. The van der Waals surface area contributed by atoms with Crippen molar-refractivity contribution in [2.75, 3.05) is 10.5 Å². The molecule has 18 heavy (non-hydrogen) atoms. The monoisotopic (exact) mass is 304 g/mol. The molecule has 0 aliphatic heterocycles. The zero-order valence-corrected chi connectivity index (χ0v) is 11.9. The van der Waals surface area contributed by atoms with Gasteiger partial charge in [-0.05, 0) is 37.0 Å². The Labute approximate surface area is 117 Å². The molecule has 0 saturated heterocycles. The zero-order valence-electron chi connectivity index (χ0n) is 9.52. The summed E-state index contributed by atoms with van der Waals surface area (Å²) in [6.07, 6.45) is 1.94. The molecule has 0 unspecified atom stereocenters. The highest BCUT2D eigenvalue weighted by Crippen LogP contribution is 2.31. The highest BCUT2D eigenvalue weighted by atomic mass is 35.5. The molecule has 1 aliphatic carbocycles. The number of nitrogens with two attached hydrogens (primary N) is 1. The fourth-order valence-corrected chi connectivity index (χ4v) is 3.51. The van der Waals surface area contributed by atoms with E-state index in [1.165, 1.54) is 6.07 Å². The van der Waals surface area contributed by atoms with Gasteiger partial charge in [-0.3, -0.25) is 4.72 Å². The Morgan fingerprint density at radius 2 is 2.17 bits per heavy atom. The van der Waals surface area contributed by atoms with Crippen LogP contribution in [-0.2, 0) is 10.0 Å². The maximum Gasteiger partial charge on any atom is 0.233 e. The summed E-state index contributed by atoms with van der Waals surface area (Å²) in [6, 6.07) is 4.74. The summed E-state index contributed by atoms with van der Waals surface area (Å²) in [4.78, 5) is 0.135. The summed E-state index contributed by atoms with van der Waals surface area (Å²) < 4.78 is 26.3. The molecule has 1 aliphatic rings. The van der Waals surface area contributed by atoms with E-state index in [9.17, 15) is 8.42 Å². The molecule has 1 aromatic carbocycles. The van der Waals surface area contributed by atoms with Gasteiger partial charge >= 0.3 is 0 Å². The highest BCUT2D eigenvalue weighted by molar-refractivity contribution is 7.92. The molecular formula is C11H13ClN2O2S2. The van der Waals surface area contributed by atoms with Crippen LogP contribution in [0.3, 0.4) is 0 Å². The second-order valence-electron chi connectivity index (χ2n) is 4.38. The minimum Gasteiger partial charge on any atom is -0.389 e. The summed E-state index contributed by atoms with van der Waals surface area (Å²) in [5, 5.41) is 0.430. The Morgan fingerprint density at radius 3 is 2.72 bits per heavy atom. The predicted octanol–water partition coefficient (Wildman–Crippen LogP) is 2.13. The summed E-state index contributed by atoms with van der Waals surface area (Å²) in [5.41, 5.74) is 6.37. The molecule has 0 atom stereocenters. The Balaban J connectivity index is 2.26. The van der Waals surface area contributed by atoms with Gasteiger partial charge in [0.15, 0.2) is 0 Å². The van der Waals surface area contributed by atoms with E-state index in [1.54, 1.807) is 12.1 Å². The number of halogens is 1. The van der Waals surface area contributed by atoms with E-state index in [4.69, 9.17) is 29.6 Å². The lowest BCUT2D eigenvalue weighted by atomic mass is 10.2. The van der Waals surface area contributed by atoms with Crippen LogP contribution in [-0.4, -0.2) is 19.2 Å². The average molecular weight is 305 g/mol. The van der Waals surface area contributed by atoms with Crippen LogP contribution < -0.4 is 10.5 Å². The van der Waals surface area contributed by atoms with Gasteiger partial charge in [-0.1, -0.05) is 23.8 Å². The molecule has 7 heteroatoms. The maximum atomic E-state index is 11.9. The van der Waals surface area contributed by atoms with Crippen LogP contribution in [0.4, 0.5) is 5.69 Å². The maximum absolute atomic E-state index is 11.9. The Morgan fingerprint density at radius 1 is 1.50 bits per heavy atom. The minimum absolute atomic E-state index is 0.135. The third kappa shape index (κ3) is 3.57. The molecule has 0 aromatic heterocycles. The first-order chi connectivity index (χ1) is 8.37. The second-order valence-corrected chi connectivity index (χ2v) is 7.02. The van der Waals surface area contributed by atoms with E-state index in [0.717, 1.165) is 12.8 Å². The van der Waals surface area contributed by atoms with Crippen molar-refractivity contribution in [1.82, 2.24) is 0 Å². The summed E-state index contributed by atoms with van der Waals surface area (Å²) >= 11 is 10.7. The smallest absolute Gasteiger partial charge is 0.233 e. The van der Waals surface area contributed by atoms with Crippen LogP contribution >= 0.6 is 23.8 Å². The van der Waals surface area contributed by atoms with Gasteiger partial charge in [0.25, 0.3) is 0 Å². The van der Waals surface area contributed by atoms with Gasteiger partial charge in [0.05, 0.1) is 11.4 Å². The number of rotatable bonds is 5. The first kappa shape index (κ1) is 13.6. The summed E-state index contributed by atoms with van der Waals surface area (Å²) in [7, 11) is -3.37. The number of anilines is 1. The molecule has 0 bridgehead atoms. The standard InChI is InChI=1S/C11H13ClN2O2S2/c12-8-3-4-9(11(13)17)10(5-8)14-18(15,16)6-7-1-2-7/h3-5,7,14H,1-2,6H2,(H2,13,17). The molecule has 4 nitrogen and oxygen atoms in total. The lowest BCUT2D eigenvalue weighted by molar-refractivity contribution is 0.597. The van der Waals surface area contributed by atoms with Gasteiger partial charge in [-0.15, -0.1) is 0 Å². The number of sulfonamides is 1. The third-order valence-corrected chi connectivity index (χ3v) is 4.56. The van der Waals surface area contributed by atoms with Crippen molar-refractivity contribution < 1.29 is 8.42 Å². The van der Waals surface area contributed by atoms with Crippen LogP contribution in [0.15, 0.2) is 18.2 Å². The van der Waals surface area contributed by atoms with Gasteiger partial charge in [-0.2, -0.15) is 0 Å². The lowest BCUT2D eigenvalue weighted by Crippen LogP contribution is -2.21. The zero-order chi connectivity index (χ0) is 13.3. The largest absolute Gasteiger partial charge is 0.389 e. The van der Waals surface area contributed by atoms with E-state index < -0.39 is 10.0 Å². The van der Waals surface area contributed by atoms with E-state index in [1.807, 2.05) is 0 Å². The fraction of sp³-hybridized carbons (Fsp3) is 0.364. The SMILES string of the molecule is NC(=S)c1ccc(Cl)cc1NS(=O)(=O)CC1CC1. The molecular weight excluding hydrogens is 292 g/mol. The quantitative estimate of drug-likeness (QED) is 0.817. The molecule has 1 fully saturated rings. The third-order valence-electron chi connectivity index (χ3n) is 2.66. The van der Waals surface area contributed by atoms with Crippen molar-refractivity contribution in [1.29, 1.82) is 0 Å². The Bertz CT molecular complexity index is 583. The summed E-state index contributed by atoms with van der Waals surface area (Å²) in [5.74, 6) is 0.408. The van der Waals surface area contributed by atoms with Crippen LogP contribution in [0.25, 0.3) is 0 Å². The molecule has 0 spiro atoms. The van der Waals surface area contributed by atoms with Crippen molar-refractivity contribution in [3.63, 3.8) is 0 Å². The van der Waals surface area contributed by atoms with E-state index in [2.05, 4.69) is 4.72 Å². The van der Waals surface area contributed by atoms with Gasteiger partial charge in [0.2, 0.25) is 10.0 Å². The van der Waals surface area contributed by atoms with Crippen molar-refractivity contribution in [2.24, 2.45) is 11.7 Å². The predicted molar refractivity (Wildman–Crippen MR) is 77.5 cm³/mol. The fourth-order valence-electron chi connectivity index (χ4n) is 1.62. The van der Waals surface area contributed by atoms with E-state index >= 15 is 0 Å². The van der Waals surface area contributed by atoms with Crippen molar-refractivity contribution in [2.45, 2.75) is 12.8 Å². The van der Waals surface area contributed by atoms with Gasteiger partial charge in [0, 0.05) is 10.6 Å². The van der Waals surface area contributed by atoms with Crippen LogP contribution in [0.1, 0.15) is 18.4 Å². The number of nitrogens with one attached hydrogen (secondary N) is 1. The van der Waals surface area contributed by atoms with Crippen molar-refractivity contribution in [3.8, 4) is 0 Å². The van der Waals surface area contributed by atoms with Gasteiger partial charge < -0.3 is 5.73 Å². The van der Waals surface area contributed by atoms with Crippen molar-refractivity contribution in [3.05, 3.63) is 28.8 Å². The molecule has 0 heterocycles. The molecule has 1 saturated carbocycles. The lowest BCUT2D eigenvalue weighted by Gasteiger charge is -2.12. The Hall–Kier alpha value is -0.850. The summed E-state index contributed by atoms with van der Waals surface area (Å²) in [6.45, 7) is 0. The highest BCUT2D eigenvalue weighted by Gasteiger charge is 2.28. The normalized spacial score (nSPS) is 15.4.